The van der Waals surface area contributed by atoms with Gasteiger partial charge in [-0.25, -0.2) is 0 Å². The lowest BCUT2D eigenvalue weighted by Crippen LogP contribution is -2.23. The SMILES string of the molecule is Cc1nn(C)c(Cl)c1C1CCCN1Cc1ccccn1. The van der Waals surface area contributed by atoms with Gasteiger partial charge in [-0.05, 0) is 38.4 Å². The average Bonchev–Trinajstić information content (AvgIpc) is 2.97. The lowest BCUT2D eigenvalue weighted by atomic mass is 10.1. The summed E-state index contributed by atoms with van der Waals surface area (Å²) in [5.74, 6) is 0. The van der Waals surface area contributed by atoms with E-state index in [1.54, 1.807) is 4.68 Å². The molecule has 2 aromatic rings. The summed E-state index contributed by atoms with van der Waals surface area (Å²) in [7, 11) is 1.90. The first kappa shape index (κ1) is 13.6. The van der Waals surface area contributed by atoms with Crippen LogP contribution in [-0.2, 0) is 13.6 Å². The number of aryl methyl sites for hydroxylation is 2. The van der Waals surface area contributed by atoms with Gasteiger partial charge in [-0.15, -0.1) is 0 Å². The molecule has 1 saturated heterocycles. The standard InChI is InChI=1S/C15H19ClN4/c1-11-14(15(16)19(2)18-11)13-7-5-9-20(13)10-12-6-3-4-8-17-12/h3-4,6,8,13H,5,7,9-10H2,1-2H3. The predicted octanol–water partition coefficient (Wildman–Crippen LogP) is 3.11. The molecule has 0 N–H and O–H groups in total. The van der Waals surface area contributed by atoms with Crippen LogP contribution < -0.4 is 0 Å². The Morgan fingerprint density at radius 1 is 1.40 bits per heavy atom. The number of hydrogen-bond donors (Lipinski definition) is 0. The highest BCUT2D eigenvalue weighted by Gasteiger charge is 2.31. The minimum atomic E-state index is 0.359. The Morgan fingerprint density at radius 3 is 2.90 bits per heavy atom. The minimum absolute atomic E-state index is 0.359. The molecule has 1 aliphatic rings. The maximum atomic E-state index is 6.42. The van der Waals surface area contributed by atoms with Crippen molar-refractivity contribution in [1.29, 1.82) is 0 Å². The molecular formula is C15H19ClN4. The van der Waals surface area contributed by atoms with Crippen LogP contribution >= 0.6 is 11.6 Å². The zero-order valence-electron chi connectivity index (χ0n) is 11.9. The molecule has 3 rings (SSSR count). The molecule has 1 unspecified atom stereocenters. The highest BCUT2D eigenvalue weighted by Crippen LogP contribution is 2.38. The Morgan fingerprint density at radius 2 is 2.25 bits per heavy atom. The first-order chi connectivity index (χ1) is 9.66. The molecule has 0 bridgehead atoms. The fourth-order valence-corrected chi connectivity index (χ4v) is 3.37. The smallest absolute Gasteiger partial charge is 0.131 e. The van der Waals surface area contributed by atoms with Gasteiger partial charge in [0, 0.05) is 31.4 Å². The summed E-state index contributed by atoms with van der Waals surface area (Å²) < 4.78 is 1.77. The van der Waals surface area contributed by atoms with Gasteiger partial charge >= 0.3 is 0 Å². The molecule has 0 radical (unpaired) electrons. The molecule has 20 heavy (non-hydrogen) atoms. The number of rotatable bonds is 3. The molecule has 1 fully saturated rings. The van der Waals surface area contributed by atoms with Crippen LogP contribution in [0.1, 0.15) is 35.8 Å². The molecule has 1 atom stereocenters. The Hall–Kier alpha value is -1.39. The molecular weight excluding hydrogens is 272 g/mol. The van der Waals surface area contributed by atoms with Crippen LogP contribution in [0.4, 0.5) is 0 Å². The zero-order chi connectivity index (χ0) is 14.1. The highest BCUT2D eigenvalue weighted by atomic mass is 35.5. The minimum Gasteiger partial charge on any atom is -0.290 e. The van der Waals surface area contributed by atoms with Crippen molar-refractivity contribution in [2.45, 2.75) is 32.4 Å². The third-order valence-corrected chi connectivity index (χ3v) is 4.43. The van der Waals surface area contributed by atoms with Crippen molar-refractivity contribution in [3.63, 3.8) is 0 Å². The quantitative estimate of drug-likeness (QED) is 0.871. The maximum absolute atomic E-state index is 6.42. The molecule has 5 heteroatoms. The van der Waals surface area contributed by atoms with Crippen molar-refractivity contribution in [2.24, 2.45) is 7.05 Å². The third-order valence-electron chi connectivity index (χ3n) is 3.98. The number of nitrogens with zero attached hydrogens (tertiary/aromatic N) is 4. The summed E-state index contributed by atoms with van der Waals surface area (Å²) >= 11 is 6.42. The van der Waals surface area contributed by atoms with Gasteiger partial charge < -0.3 is 0 Å². The number of aromatic nitrogens is 3. The van der Waals surface area contributed by atoms with E-state index in [9.17, 15) is 0 Å². The average molecular weight is 291 g/mol. The van der Waals surface area contributed by atoms with Crippen LogP contribution in [-0.4, -0.2) is 26.2 Å². The Balaban J connectivity index is 1.85. The van der Waals surface area contributed by atoms with Gasteiger partial charge in [0.1, 0.15) is 5.15 Å². The fraction of sp³-hybridized carbons (Fsp3) is 0.467. The summed E-state index contributed by atoms with van der Waals surface area (Å²) in [4.78, 5) is 6.88. The van der Waals surface area contributed by atoms with Gasteiger partial charge in [-0.2, -0.15) is 5.10 Å². The fourth-order valence-electron chi connectivity index (χ4n) is 3.07. The van der Waals surface area contributed by atoms with Crippen LogP contribution in [0.15, 0.2) is 24.4 Å². The lowest BCUT2D eigenvalue weighted by Gasteiger charge is -2.24. The van der Waals surface area contributed by atoms with Crippen LogP contribution in [0.5, 0.6) is 0 Å². The topological polar surface area (TPSA) is 34.0 Å². The van der Waals surface area contributed by atoms with E-state index in [1.165, 1.54) is 12.0 Å². The van der Waals surface area contributed by atoms with Gasteiger partial charge in [0.2, 0.25) is 0 Å². The second-order valence-electron chi connectivity index (χ2n) is 5.36. The zero-order valence-corrected chi connectivity index (χ0v) is 12.6. The van der Waals surface area contributed by atoms with Gasteiger partial charge in [0.15, 0.2) is 0 Å². The molecule has 0 saturated carbocycles. The van der Waals surface area contributed by atoms with Gasteiger partial charge in [-0.1, -0.05) is 17.7 Å². The Bertz CT molecular complexity index is 593. The third kappa shape index (κ3) is 2.45. The number of likely N-dealkylation sites (tertiary alicyclic amines) is 1. The summed E-state index contributed by atoms with van der Waals surface area (Å²) in [5, 5.41) is 5.20. The van der Waals surface area contributed by atoms with Gasteiger partial charge in [0.25, 0.3) is 0 Å². The van der Waals surface area contributed by atoms with Gasteiger partial charge in [-0.3, -0.25) is 14.6 Å². The van der Waals surface area contributed by atoms with Crippen LogP contribution in [0.3, 0.4) is 0 Å². The molecule has 3 heterocycles. The molecule has 0 spiro atoms. The Kier molecular flexibility index (Phi) is 3.76. The van der Waals surface area contributed by atoms with Crippen molar-refractivity contribution >= 4 is 11.6 Å². The normalized spacial score (nSPS) is 19.6. The van der Waals surface area contributed by atoms with Gasteiger partial charge in [0.05, 0.1) is 11.4 Å². The second kappa shape index (κ2) is 5.54. The molecule has 2 aromatic heterocycles. The highest BCUT2D eigenvalue weighted by molar-refractivity contribution is 6.30. The summed E-state index contributed by atoms with van der Waals surface area (Å²) in [6, 6.07) is 6.42. The van der Waals surface area contributed by atoms with Crippen molar-refractivity contribution < 1.29 is 0 Å². The summed E-state index contributed by atoms with van der Waals surface area (Å²) in [6.45, 7) is 4.00. The molecule has 4 nitrogen and oxygen atoms in total. The van der Waals surface area contributed by atoms with E-state index < -0.39 is 0 Å². The van der Waals surface area contributed by atoms with E-state index in [0.29, 0.717) is 6.04 Å². The number of hydrogen-bond acceptors (Lipinski definition) is 3. The van der Waals surface area contributed by atoms with E-state index in [-0.39, 0.29) is 0 Å². The van der Waals surface area contributed by atoms with Crippen LogP contribution in [0.25, 0.3) is 0 Å². The predicted molar refractivity (Wildman–Crippen MR) is 79.6 cm³/mol. The van der Waals surface area contributed by atoms with Crippen molar-refractivity contribution in [3.8, 4) is 0 Å². The lowest BCUT2D eigenvalue weighted by molar-refractivity contribution is 0.245. The first-order valence-corrected chi connectivity index (χ1v) is 7.37. The van der Waals surface area contributed by atoms with Crippen LogP contribution in [0, 0.1) is 6.92 Å². The summed E-state index contributed by atoms with van der Waals surface area (Å²) in [6.07, 6.45) is 4.18. The molecule has 0 aromatic carbocycles. The largest absolute Gasteiger partial charge is 0.290 e. The molecule has 1 aliphatic heterocycles. The van der Waals surface area contributed by atoms with E-state index in [0.717, 1.165) is 36.1 Å². The number of halogens is 1. The van der Waals surface area contributed by atoms with Crippen LogP contribution in [0.2, 0.25) is 5.15 Å². The van der Waals surface area contributed by atoms with E-state index in [4.69, 9.17) is 11.6 Å². The maximum Gasteiger partial charge on any atom is 0.131 e. The monoisotopic (exact) mass is 290 g/mol. The van der Waals surface area contributed by atoms with E-state index in [2.05, 4.69) is 21.0 Å². The van der Waals surface area contributed by atoms with E-state index in [1.807, 2.05) is 32.3 Å². The first-order valence-electron chi connectivity index (χ1n) is 7.00. The van der Waals surface area contributed by atoms with Crippen molar-refractivity contribution in [2.75, 3.05) is 6.54 Å². The second-order valence-corrected chi connectivity index (χ2v) is 5.72. The Labute approximate surface area is 124 Å². The van der Waals surface area contributed by atoms with Crippen molar-refractivity contribution in [3.05, 3.63) is 46.5 Å². The number of pyridine rings is 1. The van der Waals surface area contributed by atoms with Crippen molar-refractivity contribution in [1.82, 2.24) is 19.7 Å². The van der Waals surface area contributed by atoms with E-state index >= 15 is 0 Å². The summed E-state index contributed by atoms with van der Waals surface area (Å²) in [5.41, 5.74) is 3.33. The molecule has 106 valence electrons. The molecule has 0 amide bonds. The molecule has 0 aliphatic carbocycles.